The molecule has 1 atom stereocenters. The van der Waals surface area contributed by atoms with Gasteiger partial charge in [0.2, 0.25) is 5.91 Å². The first kappa shape index (κ1) is 16.2. The zero-order valence-electron chi connectivity index (χ0n) is 12.1. The van der Waals surface area contributed by atoms with Crippen molar-refractivity contribution in [3.63, 3.8) is 0 Å². The number of carbonyl (C=O) groups is 1. The number of hydrogen-bond acceptors (Lipinski definition) is 4. The first-order chi connectivity index (χ1) is 9.36. The Kier molecular flexibility index (Phi) is 5.69. The van der Waals surface area contributed by atoms with Crippen molar-refractivity contribution in [3.8, 4) is 0 Å². The quantitative estimate of drug-likeness (QED) is 0.708. The molecule has 0 bridgehead atoms. The number of nitrogens with one attached hydrogen (secondary N) is 1. The minimum absolute atomic E-state index is 0.0214. The fourth-order valence-electron chi connectivity index (χ4n) is 1.63. The Morgan fingerprint density at radius 1 is 1.35 bits per heavy atom. The van der Waals surface area contributed by atoms with Crippen LogP contribution >= 0.6 is 0 Å². The fourth-order valence-corrected chi connectivity index (χ4v) is 1.63. The van der Waals surface area contributed by atoms with E-state index in [1.807, 2.05) is 20.8 Å². The normalized spacial score (nSPS) is 12.4. The monoisotopic (exact) mass is 282 g/mol. The lowest BCUT2D eigenvalue weighted by atomic mass is 10.1. The van der Waals surface area contributed by atoms with E-state index in [-0.39, 0.29) is 31.6 Å². The van der Waals surface area contributed by atoms with Gasteiger partial charge in [0.25, 0.3) is 5.56 Å². The van der Waals surface area contributed by atoms with Crippen LogP contribution in [-0.4, -0.2) is 27.6 Å². The Bertz CT molecular complexity index is 574. The molecule has 0 radical (unpaired) electrons. The molecular formula is C13H22N4O3. The van der Waals surface area contributed by atoms with Crippen LogP contribution in [0.25, 0.3) is 0 Å². The van der Waals surface area contributed by atoms with Gasteiger partial charge in [0, 0.05) is 31.4 Å². The number of nitrogens with two attached hydrogens (primary N) is 1. The molecule has 0 aliphatic carbocycles. The average Bonchev–Trinajstić information content (AvgIpc) is 2.37. The third kappa shape index (κ3) is 4.06. The van der Waals surface area contributed by atoms with E-state index in [0.717, 1.165) is 4.57 Å². The summed E-state index contributed by atoms with van der Waals surface area (Å²) in [5, 5.41) is 2.81. The van der Waals surface area contributed by atoms with Crippen LogP contribution in [0.3, 0.4) is 0 Å². The third-order valence-electron chi connectivity index (χ3n) is 3.20. The third-order valence-corrected chi connectivity index (χ3v) is 3.20. The summed E-state index contributed by atoms with van der Waals surface area (Å²) < 4.78 is 2.23. The highest BCUT2D eigenvalue weighted by atomic mass is 16.2. The van der Waals surface area contributed by atoms with E-state index in [4.69, 9.17) is 5.73 Å². The second-order valence-electron chi connectivity index (χ2n) is 5.10. The summed E-state index contributed by atoms with van der Waals surface area (Å²) in [4.78, 5) is 35.4. The molecule has 1 unspecified atom stereocenters. The van der Waals surface area contributed by atoms with Crippen LogP contribution < -0.4 is 22.3 Å². The minimum atomic E-state index is -0.518. The molecule has 1 amide bonds. The van der Waals surface area contributed by atoms with Crippen molar-refractivity contribution in [3.05, 3.63) is 33.1 Å². The highest BCUT2D eigenvalue weighted by Crippen LogP contribution is 1.99. The number of hydrogen-bond donors (Lipinski definition) is 2. The predicted octanol–water partition coefficient (Wildman–Crippen LogP) is -0.871. The zero-order valence-corrected chi connectivity index (χ0v) is 12.1. The average molecular weight is 282 g/mol. The molecule has 3 N–H and O–H groups in total. The molecule has 0 saturated heterocycles. The van der Waals surface area contributed by atoms with E-state index in [0.29, 0.717) is 5.92 Å². The van der Waals surface area contributed by atoms with Gasteiger partial charge in [-0.05, 0) is 12.8 Å². The summed E-state index contributed by atoms with van der Waals surface area (Å²) in [7, 11) is 0. The second-order valence-corrected chi connectivity index (χ2v) is 5.10. The van der Waals surface area contributed by atoms with Crippen molar-refractivity contribution in [2.75, 3.05) is 6.54 Å². The van der Waals surface area contributed by atoms with Crippen molar-refractivity contribution in [1.29, 1.82) is 0 Å². The Labute approximate surface area is 117 Å². The molecule has 0 spiro atoms. The van der Waals surface area contributed by atoms with Gasteiger partial charge in [0.05, 0.1) is 0 Å². The molecule has 1 aromatic heterocycles. The Morgan fingerprint density at radius 2 is 2.00 bits per heavy atom. The van der Waals surface area contributed by atoms with Gasteiger partial charge in [-0.3, -0.25) is 18.7 Å². The summed E-state index contributed by atoms with van der Waals surface area (Å²) in [5.41, 5.74) is 4.43. The van der Waals surface area contributed by atoms with Gasteiger partial charge in [-0.15, -0.1) is 0 Å². The number of rotatable bonds is 6. The van der Waals surface area contributed by atoms with Crippen molar-refractivity contribution in [2.45, 2.75) is 39.9 Å². The molecule has 0 aromatic carbocycles. The number of carbonyl (C=O) groups excluding carboxylic acids is 1. The summed E-state index contributed by atoms with van der Waals surface area (Å²) in [6.45, 7) is 6.12. The SMILES string of the molecule is CC(C)C(C)NC(=O)Cn1ccc(=O)n(CCN)c1=O. The van der Waals surface area contributed by atoms with Gasteiger partial charge < -0.3 is 11.1 Å². The maximum atomic E-state index is 12.0. The maximum Gasteiger partial charge on any atom is 0.331 e. The van der Waals surface area contributed by atoms with Crippen LogP contribution in [0, 0.1) is 5.92 Å². The van der Waals surface area contributed by atoms with Crippen molar-refractivity contribution in [1.82, 2.24) is 14.5 Å². The largest absolute Gasteiger partial charge is 0.352 e. The molecule has 0 aliphatic heterocycles. The Hall–Kier alpha value is -1.89. The molecule has 0 fully saturated rings. The van der Waals surface area contributed by atoms with Gasteiger partial charge in [0.15, 0.2) is 0 Å². The lowest BCUT2D eigenvalue weighted by Gasteiger charge is -2.18. The molecule has 20 heavy (non-hydrogen) atoms. The Morgan fingerprint density at radius 3 is 2.55 bits per heavy atom. The molecule has 1 rings (SSSR count). The van der Waals surface area contributed by atoms with Crippen molar-refractivity contribution < 1.29 is 4.79 Å². The van der Waals surface area contributed by atoms with Gasteiger partial charge >= 0.3 is 5.69 Å². The zero-order chi connectivity index (χ0) is 15.3. The van der Waals surface area contributed by atoms with Crippen LogP contribution in [-0.2, 0) is 17.9 Å². The standard InChI is InChI=1S/C13H22N4O3/c1-9(2)10(3)15-11(18)8-16-6-4-12(19)17(7-5-14)13(16)20/h4,6,9-10H,5,7-8,14H2,1-3H3,(H,15,18). The van der Waals surface area contributed by atoms with Crippen LogP contribution in [0.1, 0.15) is 20.8 Å². The van der Waals surface area contributed by atoms with E-state index in [1.165, 1.54) is 16.8 Å². The molecule has 1 aromatic rings. The topological polar surface area (TPSA) is 99.1 Å². The first-order valence-corrected chi connectivity index (χ1v) is 6.66. The van der Waals surface area contributed by atoms with Crippen LogP contribution in [0.4, 0.5) is 0 Å². The van der Waals surface area contributed by atoms with E-state index in [9.17, 15) is 14.4 Å². The van der Waals surface area contributed by atoms with Gasteiger partial charge in [-0.2, -0.15) is 0 Å². The highest BCUT2D eigenvalue weighted by molar-refractivity contribution is 5.76. The molecule has 0 aliphatic rings. The summed E-state index contributed by atoms with van der Waals surface area (Å²) in [6, 6.07) is 1.28. The second kappa shape index (κ2) is 7.04. The minimum Gasteiger partial charge on any atom is -0.352 e. The molecule has 0 saturated carbocycles. The molecule has 7 nitrogen and oxygen atoms in total. The lowest BCUT2D eigenvalue weighted by molar-refractivity contribution is -0.122. The Balaban J connectivity index is 2.88. The molecule has 7 heteroatoms. The summed E-state index contributed by atoms with van der Waals surface area (Å²) in [5.74, 6) is 0.0492. The predicted molar refractivity (Wildman–Crippen MR) is 76.5 cm³/mol. The lowest BCUT2D eigenvalue weighted by Crippen LogP contribution is -2.44. The molecule has 112 valence electrons. The van der Waals surface area contributed by atoms with E-state index in [2.05, 4.69) is 5.32 Å². The maximum absolute atomic E-state index is 12.0. The number of aromatic nitrogens is 2. The fraction of sp³-hybridized carbons (Fsp3) is 0.615. The number of nitrogens with zero attached hydrogens (tertiary/aromatic N) is 2. The van der Waals surface area contributed by atoms with Gasteiger partial charge in [-0.1, -0.05) is 13.8 Å². The van der Waals surface area contributed by atoms with Crippen molar-refractivity contribution >= 4 is 5.91 Å². The van der Waals surface area contributed by atoms with E-state index in [1.54, 1.807) is 0 Å². The van der Waals surface area contributed by atoms with Crippen LogP contribution in [0.2, 0.25) is 0 Å². The number of amides is 1. The van der Waals surface area contributed by atoms with Gasteiger partial charge in [0.1, 0.15) is 6.54 Å². The van der Waals surface area contributed by atoms with Crippen LogP contribution in [0.5, 0.6) is 0 Å². The molecular weight excluding hydrogens is 260 g/mol. The summed E-state index contributed by atoms with van der Waals surface area (Å²) in [6.07, 6.45) is 1.33. The highest BCUT2D eigenvalue weighted by Gasteiger charge is 2.12. The van der Waals surface area contributed by atoms with E-state index < -0.39 is 11.2 Å². The van der Waals surface area contributed by atoms with Crippen LogP contribution in [0.15, 0.2) is 21.9 Å². The molecule has 1 heterocycles. The smallest absolute Gasteiger partial charge is 0.331 e. The first-order valence-electron chi connectivity index (χ1n) is 6.66. The van der Waals surface area contributed by atoms with Gasteiger partial charge in [-0.25, -0.2) is 4.79 Å². The summed E-state index contributed by atoms with van der Waals surface area (Å²) >= 11 is 0. The van der Waals surface area contributed by atoms with Crippen molar-refractivity contribution in [2.24, 2.45) is 11.7 Å². The van der Waals surface area contributed by atoms with E-state index >= 15 is 0 Å².